The van der Waals surface area contributed by atoms with Crippen molar-refractivity contribution in [3.63, 3.8) is 0 Å². The average Bonchev–Trinajstić information content (AvgIpc) is 3.26. The van der Waals surface area contributed by atoms with Gasteiger partial charge in [-0.2, -0.15) is 0 Å². The van der Waals surface area contributed by atoms with Gasteiger partial charge in [-0.15, -0.1) is 0 Å². The van der Waals surface area contributed by atoms with Crippen LogP contribution in [0.3, 0.4) is 0 Å². The minimum atomic E-state index is 0.188. The van der Waals surface area contributed by atoms with E-state index in [0.29, 0.717) is 12.6 Å². The van der Waals surface area contributed by atoms with Crippen molar-refractivity contribution in [2.75, 3.05) is 6.54 Å². The third-order valence-corrected chi connectivity index (χ3v) is 2.22. The SMILES string of the molecule is CC.CC.O=C(CNC1CC1)c1ccccc1. The highest BCUT2D eigenvalue weighted by molar-refractivity contribution is 5.97. The van der Waals surface area contributed by atoms with Crippen LogP contribution in [0.2, 0.25) is 0 Å². The van der Waals surface area contributed by atoms with Gasteiger partial charge in [0.1, 0.15) is 0 Å². The number of ketones is 1. The summed E-state index contributed by atoms with van der Waals surface area (Å²) >= 11 is 0. The van der Waals surface area contributed by atoms with E-state index in [1.807, 2.05) is 58.0 Å². The summed E-state index contributed by atoms with van der Waals surface area (Å²) in [5.41, 5.74) is 0.802. The first-order chi connectivity index (χ1) is 8.36. The number of benzene rings is 1. The van der Waals surface area contributed by atoms with Gasteiger partial charge in [0, 0.05) is 11.6 Å². The molecule has 1 aliphatic carbocycles. The molecule has 0 unspecified atom stereocenters. The van der Waals surface area contributed by atoms with E-state index in [2.05, 4.69) is 5.32 Å². The molecule has 2 rings (SSSR count). The first kappa shape index (κ1) is 15.9. The molecule has 2 nitrogen and oxygen atoms in total. The van der Waals surface area contributed by atoms with Gasteiger partial charge in [0.25, 0.3) is 0 Å². The van der Waals surface area contributed by atoms with E-state index in [0.717, 1.165) is 5.56 Å². The molecule has 1 N–H and O–H groups in total. The first-order valence-electron chi connectivity index (χ1n) is 6.68. The summed E-state index contributed by atoms with van der Waals surface area (Å²) < 4.78 is 0. The molecule has 17 heavy (non-hydrogen) atoms. The Kier molecular flexibility index (Phi) is 9.35. The lowest BCUT2D eigenvalue weighted by Crippen LogP contribution is -2.24. The molecule has 1 aromatic carbocycles. The van der Waals surface area contributed by atoms with E-state index in [1.54, 1.807) is 0 Å². The topological polar surface area (TPSA) is 29.1 Å². The predicted octanol–water partition coefficient (Wildman–Crippen LogP) is 3.67. The Morgan fingerprint density at radius 3 is 2.12 bits per heavy atom. The normalized spacial score (nSPS) is 12.7. The molecule has 2 heteroatoms. The Bertz CT molecular complexity index is 291. The summed E-state index contributed by atoms with van der Waals surface area (Å²) in [4.78, 5) is 11.5. The summed E-state index contributed by atoms with van der Waals surface area (Å²) in [7, 11) is 0. The Balaban J connectivity index is 0.000000581. The molecule has 1 fully saturated rings. The van der Waals surface area contributed by atoms with Crippen LogP contribution in [-0.4, -0.2) is 18.4 Å². The Hall–Kier alpha value is -1.15. The highest BCUT2D eigenvalue weighted by Crippen LogP contribution is 2.18. The van der Waals surface area contributed by atoms with Crippen molar-refractivity contribution in [2.24, 2.45) is 0 Å². The van der Waals surface area contributed by atoms with E-state index in [4.69, 9.17) is 0 Å². The van der Waals surface area contributed by atoms with Crippen LogP contribution in [0.4, 0.5) is 0 Å². The van der Waals surface area contributed by atoms with Gasteiger partial charge < -0.3 is 5.32 Å². The maximum absolute atomic E-state index is 11.5. The zero-order chi connectivity index (χ0) is 13.1. The summed E-state index contributed by atoms with van der Waals surface area (Å²) in [5, 5.41) is 3.21. The van der Waals surface area contributed by atoms with Gasteiger partial charge in [-0.25, -0.2) is 0 Å². The molecular formula is C15H25NO. The zero-order valence-corrected chi connectivity index (χ0v) is 11.5. The standard InChI is InChI=1S/C11H13NO.2C2H6/c13-11(8-12-10-6-7-10)9-4-2-1-3-5-9;2*1-2/h1-5,10,12H,6-8H2;2*1-2H3. The van der Waals surface area contributed by atoms with Gasteiger partial charge in [0.05, 0.1) is 6.54 Å². The van der Waals surface area contributed by atoms with E-state index >= 15 is 0 Å². The fraction of sp³-hybridized carbons (Fsp3) is 0.533. The van der Waals surface area contributed by atoms with Crippen molar-refractivity contribution < 1.29 is 4.79 Å². The molecule has 0 atom stereocenters. The number of carbonyl (C=O) groups excluding carboxylic acids is 1. The molecule has 0 spiro atoms. The molecule has 1 saturated carbocycles. The lowest BCUT2D eigenvalue weighted by molar-refractivity contribution is 0.0990. The smallest absolute Gasteiger partial charge is 0.176 e. The average molecular weight is 235 g/mol. The van der Waals surface area contributed by atoms with Crippen LogP contribution in [0.25, 0.3) is 0 Å². The second-order valence-corrected chi connectivity index (χ2v) is 3.44. The highest BCUT2D eigenvalue weighted by Gasteiger charge is 2.21. The van der Waals surface area contributed by atoms with E-state index in [1.165, 1.54) is 12.8 Å². The molecule has 96 valence electrons. The molecule has 0 saturated heterocycles. The predicted molar refractivity (Wildman–Crippen MR) is 74.5 cm³/mol. The van der Waals surface area contributed by atoms with Crippen LogP contribution in [0, 0.1) is 0 Å². The van der Waals surface area contributed by atoms with Crippen molar-refractivity contribution in [3.8, 4) is 0 Å². The maximum atomic E-state index is 11.5. The first-order valence-corrected chi connectivity index (χ1v) is 6.68. The number of rotatable bonds is 4. The van der Waals surface area contributed by atoms with Gasteiger partial charge in [-0.05, 0) is 12.8 Å². The lowest BCUT2D eigenvalue weighted by atomic mass is 10.1. The van der Waals surface area contributed by atoms with Crippen LogP contribution in [0.15, 0.2) is 30.3 Å². The second-order valence-electron chi connectivity index (χ2n) is 3.44. The quantitative estimate of drug-likeness (QED) is 0.807. The Morgan fingerprint density at radius 1 is 1.12 bits per heavy atom. The molecule has 1 aliphatic rings. The molecule has 0 heterocycles. The van der Waals surface area contributed by atoms with Crippen LogP contribution >= 0.6 is 0 Å². The monoisotopic (exact) mass is 235 g/mol. The molecular weight excluding hydrogens is 210 g/mol. The fourth-order valence-electron chi connectivity index (χ4n) is 1.25. The third-order valence-electron chi connectivity index (χ3n) is 2.22. The summed E-state index contributed by atoms with van der Waals surface area (Å²) in [5.74, 6) is 0.188. The molecule has 0 aromatic heterocycles. The van der Waals surface area contributed by atoms with Crippen molar-refractivity contribution in [2.45, 2.75) is 46.6 Å². The van der Waals surface area contributed by atoms with Crippen molar-refractivity contribution in [1.82, 2.24) is 5.32 Å². The Labute approximate surface area is 105 Å². The van der Waals surface area contributed by atoms with Crippen molar-refractivity contribution in [3.05, 3.63) is 35.9 Å². The number of hydrogen-bond acceptors (Lipinski definition) is 2. The zero-order valence-electron chi connectivity index (χ0n) is 11.5. The number of hydrogen-bond donors (Lipinski definition) is 1. The lowest BCUT2D eigenvalue weighted by Gasteiger charge is -2.01. The molecule has 0 bridgehead atoms. The summed E-state index contributed by atoms with van der Waals surface area (Å²) in [6, 6.07) is 10.0. The van der Waals surface area contributed by atoms with Crippen molar-refractivity contribution >= 4 is 5.78 Å². The van der Waals surface area contributed by atoms with Gasteiger partial charge in [0.2, 0.25) is 0 Å². The number of carbonyl (C=O) groups is 1. The maximum Gasteiger partial charge on any atom is 0.176 e. The van der Waals surface area contributed by atoms with Crippen molar-refractivity contribution in [1.29, 1.82) is 0 Å². The molecule has 0 aliphatic heterocycles. The van der Waals surface area contributed by atoms with Gasteiger partial charge >= 0.3 is 0 Å². The van der Waals surface area contributed by atoms with E-state index in [9.17, 15) is 4.79 Å². The summed E-state index contributed by atoms with van der Waals surface area (Å²) in [6.45, 7) is 8.48. The molecule has 0 amide bonds. The fourth-order valence-corrected chi connectivity index (χ4v) is 1.25. The van der Waals surface area contributed by atoms with Gasteiger partial charge in [-0.3, -0.25) is 4.79 Å². The van der Waals surface area contributed by atoms with Crippen LogP contribution in [-0.2, 0) is 0 Å². The van der Waals surface area contributed by atoms with Gasteiger partial charge in [-0.1, -0.05) is 58.0 Å². The third kappa shape index (κ3) is 6.90. The van der Waals surface area contributed by atoms with Crippen LogP contribution < -0.4 is 5.32 Å². The van der Waals surface area contributed by atoms with Crippen LogP contribution in [0.5, 0.6) is 0 Å². The minimum absolute atomic E-state index is 0.188. The van der Waals surface area contributed by atoms with Gasteiger partial charge in [0.15, 0.2) is 5.78 Å². The molecule has 1 aromatic rings. The summed E-state index contributed by atoms with van der Waals surface area (Å²) in [6.07, 6.45) is 2.45. The highest BCUT2D eigenvalue weighted by atomic mass is 16.1. The largest absolute Gasteiger partial charge is 0.307 e. The Morgan fingerprint density at radius 2 is 1.65 bits per heavy atom. The van der Waals surface area contributed by atoms with E-state index in [-0.39, 0.29) is 5.78 Å². The number of nitrogens with one attached hydrogen (secondary N) is 1. The van der Waals surface area contributed by atoms with Crippen LogP contribution in [0.1, 0.15) is 50.9 Å². The minimum Gasteiger partial charge on any atom is -0.307 e. The number of Topliss-reactive ketones (excluding diaryl/α,β-unsaturated/α-hetero) is 1. The van der Waals surface area contributed by atoms with E-state index < -0.39 is 0 Å². The molecule has 0 radical (unpaired) electrons. The second kappa shape index (κ2) is 10.0.